The van der Waals surface area contributed by atoms with Crippen molar-refractivity contribution in [3.05, 3.63) is 69.8 Å². The Kier molecular flexibility index (Phi) is 5.05. The second-order valence-electron chi connectivity index (χ2n) is 6.60. The van der Waals surface area contributed by atoms with Crippen molar-refractivity contribution in [2.24, 2.45) is 0 Å². The Morgan fingerprint density at radius 3 is 2.32 bits per heavy atom. The van der Waals surface area contributed by atoms with Gasteiger partial charge in [-0.15, -0.1) is 16.4 Å². The molecule has 2 aromatic heterocycles. The third-order valence-electron chi connectivity index (χ3n) is 4.72. The molecule has 3 heterocycles. The Morgan fingerprint density at radius 2 is 1.68 bits per heavy atom. The molecule has 1 saturated heterocycles. The van der Waals surface area contributed by atoms with Crippen molar-refractivity contribution in [2.45, 2.75) is 11.1 Å². The summed E-state index contributed by atoms with van der Waals surface area (Å²) in [6.07, 6.45) is 0. The summed E-state index contributed by atoms with van der Waals surface area (Å²) in [5.74, 6) is 0.661. The van der Waals surface area contributed by atoms with Gasteiger partial charge in [-0.25, -0.2) is 8.42 Å². The van der Waals surface area contributed by atoms with E-state index < -0.39 is 10.0 Å². The van der Waals surface area contributed by atoms with E-state index in [1.807, 2.05) is 36.1 Å². The number of piperazine rings is 1. The van der Waals surface area contributed by atoms with Crippen LogP contribution in [0.4, 0.5) is 5.82 Å². The Labute approximate surface area is 167 Å². The monoisotopic (exact) mass is 416 g/mol. The number of thiophene rings is 1. The van der Waals surface area contributed by atoms with Gasteiger partial charge in [-0.3, -0.25) is 4.79 Å². The number of nitrogens with zero attached hydrogens (tertiary/aromatic N) is 4. The number of hydrogen-bond acceptors (Lipinski definition) is 6. The summed E-state index contributed by atoms with van der Waals surface area (Å²) in [5, 5.41) is 6.26. The molecular weight excluding hydrogens is 396 g/mol. The van der Waals surface area contributed by atoms with Gasteiger partial charge < -0.3 is 4.90 Å². The first-order valence-corrected chi connectivity index (χ1v) is 11.2. The van der Waals surface area contributed by atoms with E-state index in [0.29, 0.717) is 41.9 Å². The molecule has 0 unspecified atom stereocenters. The second-order valence-corrected chi connectivity index (χ2v) is 9.71. The Balaban J connectivity index is 1.53. The lowest BCUT2D eigenvalue weighted by atomic mass is 10.2. The summed E-state index contributed by atoms with van der Waals surface area (Å²) < 4.78 is 28.6. The van der Waals surface area contributed by atoms with Crippen LogP contribution in [0.3, 0.4) is 0 Å². The molecule has 0 atom stereocenters. The van der Waals surface area contributed by atoms with E-state index >= 15 is 0 Å². The van der Waals surface area contributed by atoms with E-state index in [-0.39, 0.29) is 5.56 Å². The van der Waals surface area contributed by atoms with Gasteiger partial charge in [-0.1, -0.05) is 23.8 Å². The van der Waals surface area contributed by atoms with Crippen LogP contribution in [0.1, 0.15) is 5.56 Å². The van der Waals surface area contributed by atoms with Gasteiger partial charge in [0, 0.05) is 32.2 Å². The molecule has 4 rings (SSSR count). The SMILES string of the molecule is Cc1ccc(-n2nc(N3CCN(S(=O)(=O)c4cccs4)CC3)ccc2=O)cc1. The van der Waals surface area contributed by atoms with Crippen molar-refractivity contribution in [2.75, 3.05) is 31.1 Å². The number of benzene rings is 1. The van der Waals surface area contributed by atoms with E-state index in [1.165, 1.54) is 26.4 Å². The number of sulfonamides is 1. The van der Waals surface area contributed by atoms with Gasteiger partial charge in [0.25, 0.3) is 15.6 Å². The molecule has 0 spiro atoms. The van der Waals surface area contributed by atoms with E-state index in [2.05, 4.69) is 5.10 Å². The summed E-state index contributed by atoms with van der Waals surface area (Å²) in [6, 6.07) is 14.2. The molecule has 0 bridgehead atoms. The zero-order chi connectivity index (χ0) is 19.7. The minimum absolute atomic E-state index is 0.202. The number of hydrogen-bond donors (Lipinski definition) is 0. The number of aromatic nitrogens is 2. The summed E-state index contributed by atoms with van der Waals surface area (Å²) in [6.45, 7) is 3.78. The maximum atomic E-state index is 12.7. The van der Waals surface area contributed by atoms with Crippen molar-refractivity contribution in [1.82, 2.24) is 14.1 Å². The van der Waals surface area contributed by atoms with Gasteiger partial charge in [-0.05, 0) is 36.6 Å². The average molecular weight is 417 g/mol. The molecule has 1 aliphatic rings. The van der Waals surface area contributed by atoms with Crippen LogP contribution in [0.2, 0.25) is 0 Å². The molecule has 1 aromatic carbocycles. The number of rotatable bonds is 4. The van der Waals surface area contributed by atoms with Crippen molar-refractivity contribution >= 4 is 27.2 Å². The maximum Gasteiger partial charge on any atom is 0.271 e. The summed E-state index contributed by atoms with van der Waals surface area (Å²) in [7, 11) is -3.44. The van der Waals surface area contributed by atoms with Gasteiger partial charge in [-0.2, -0.15) is 8.99 Å². The van der Waals surface area contributed by atoms with Gasteiger partial charge in [0.1, 0.15) is 10.0 Å². The molecule has 7 nitrogen and oxygen atoms in total. The Bertz CT molecular complexity index is 1110. The van der Waals surface area contributed by atoms with Crippen LogP contribution in [0.25, 0.3) is 5.69 Å². The molecular formula is C19H20N4O3S2. The zero-order valence-electron chi connectivity index (χ0n) is 15.4. The lowest BCUT2D eigenvalue weighted by Crippen LogP contribution is -2.49. The van der Waals surface area contributed by atoms with E-state index in [0.717, 1.165) is 5.56 Å². The minimum atomic E-state index is -3.44. The predicted octanol–water partition coefficient (Wildman–Crippen LogP) is 2.11. The number of anilines is 1. The molecule has 146 valence electrons. The first-order valence-electron chi connectivity index (χ1n) is 8.91. The molecule has 1 fully saturated rings. The lowest BCUT2D eigenvalue weighted by molar-refractivity contribution is 0.384. The van der Waals surface area contributed by atoms with Crippen LogP contribution in [0, 0.1) is 6.92 Å². The number of aryl methyl sites for hydroxylation is 1. The Morgan fingerprint density at radius 1 is 0.964 bits per heavy atom. The lowest BCUT2D eigenvalue weighted by Gasteiger charge is -2.34. The molecule has 0 radical (unpaired) electrons. The van der Waals surface area contributed by atoms with Crippen molar-refractivity contribution in [3.8, 4) is 5.69 Å². The van der Waals surface area contributed by atoms with E-state index in [1.54, 1.807) is 23.6 Å². The van der Waals surface area contributed by atoms with Crippen LogP contribution in [-0.4, -0.2) is 48.7 Å². The largest absolute Gasteiger partial charge is 0.353 e. The zero-order valence-corrected chi connectivity index (χ0v) is 17.0. The first-order chi connectivity index (χ1) is 13.4. The highest BCUT2D eigenvalue weighted by Crippen LogP contribution is 2.23. The van der Waals surface area contributed by atoms with Crippen molar-refractivity contribution < 1.29 is 8.42 Å². The fourth-order valence-electron chi connectivity index (χ4n) is 3.14. The van der Waals surface area contributed by atoms with Gasteiger partial charge in [0.15, 0.2) is 0 Å². The standard InChI is InChI=1S/C19H20N4O3S2/c1-15-4-6-16(7-5-15)23-18(24)9-8-17(20-23)21-10-12-22(13-11-21)28(25,26)19-3-2-14-27-19/h2-9,14H,10-13H2,1H3. The smallest absolute Gasteiger partial charge is 0.271 e. The minimum Gasteiger partial charge on any atom is -0.353 e. The predicted molar refractivity (Wildman–Crippen MR) is 110 cm³/mol. The molecule has 3 aromatic rings. The van der Waals surface area contributed by atoms with E-state index in [9.17, 15) is 13.2 Å². The van der Waals surface area contributed by atoms with Gasteiger partial charge in [0.05, 0.1) is 5.69 Å². The highest BCUT2D eigenvalue weighted by molar-refractivity contribution is 7.91. The molecule has 28 heavy (non-hydrogen) atoms. The van der Waals surface area contributed by atoms with Gasteiger partial charge in [0.2, 0.25) is 0 Å². The second kappa shape index (κ2) is 7.50. The topological polar surface area (TPSA) is 75.5 Å². The van der Waals surface area contributed by atoms with Crippen molar-refractivity contribution in [3.63, 3.8) is 0 Å². The molecule has 1 aliphatic heterocycles. The highest BCUT2D eigenvalue weighted by atomic mass is 32.2. The van der Waals surface area contributed by atoms with Gasteiger partial charge >= 0.3 is 0 Å². The summed E-state index contributed by atoms with van der Waals surface area (Å²) in [4.78, 5) is 14.3. The van der Waals surface area contributed by atoms with Crippen LogP contribution in [-0.2, 0) is 10.0 Å². The van der Waals surface area contributed by atoms with Crippen molar-refractivity contribution in [1.29, 1.82) is 0 Å². The van der Waals surface area contributed by atoms with Crippen LogP contribution >= 0.6 is 11.3 Å². The third kappa shape index (κ3) is 3.60. The molecule has 0 saturated carbocycles. The summed E-state index contributed by atoms with van der Waals surface area (Å²) >= 11 is 1.23. The quantitative estimate of drug-likeness (QED) is 0.651. The molecule has 9 heteroatoms. The van der Waals surface area contributed by atoms with E-state index in [4.69, 9.17) is 0 Å². The summed E-state index contributed by atoms with van der Waals surface area (Å²) in [5.41, 5.74) is 1.61. The maximum absolute atomic E-state index is 12.7. The molecule has 0 aliphatic carbocycles. The third-order valence-corrected chi connectivity index (χ3v) is 7.99. The average Bonchev–Trinajstić information content (AvgIpc) is 3.25. The Hall–Kier alpha value is -2.49. The molecule has 0 N–H and O–H groups in total. The normalized spacial score (nSPS) is 15.7. The fraction of sp³-hybridized carbons (Fsp3) is 0.263. The molecule has 0 amide bonds. The van der Waals surface area contributed by atoms with Crippen LogP contribution < -0.4 is 10.5 Å². The first kappa shape index (κ1) is 18.9. The highest BCUT2D eigenvalue weighted by Gasteiger charge is 2.29. The van der Waals surface area contributed by atoms with Crippen LogP contribution in [0.5, 0.6) is 0 Å². The fourth-order valence-corrected chi connectivity index (χ4v) is 5.70. The van der Waals surface area contributed by atoms with Crippen LogP contribution in [0.15, 0.2) is 62.9 Å².